The number of rotatable bonds is 4. The van der Waals surface area contributed by atoms with Crippen LogP contribution >= 0.6 is 0 Å². The highest BCUT2D eigenvalue weighted by atomic mass is 32.2. The van der Waals surface area contributed by atoms with Crippen LogP contribution in [-0.4, -0.2) is 18.0 Å². The Morgan fingerprint density at radius 2 is 1.67 bits per heavy atom. The van der Waals surface area contributed by atoms with Gasteiger partial charge in [-0.2, -0.15) is 0 Å². The fraction of sp³-hybridized carbons (Fsp3) is 0. The van der Waals surface area contributed by atoms with Gasteiger partial charge < -0.3 is 4.57 Å². The van der Waals surface area contributed by atoms with Gasteiger partial charge in [0.05, 0.1) is 11.2 Å². The molecule has 5 nitrogen and oxygen atoms in total. The van der Waals surface area contributed by atoms with Crippen molar-refractivity contribution >= 4 is 15.7 Å². The average molecular weight is 299 g/mol. The number of hydrogen-bond acceptors (Lipinski definition) is 3. The predicted octanol–water partition coefficient (Wildman–Crippen LogP) is 2.67. The largest absolute Gasteiger partial charge is 0.306 e. The Hall–Kier alpha value is -2.60. The van der Waals surface area contributed by atoms with Gasteiger partial charge in [0.25, 0.3) is 10.0 Å². The molecule has 0 atom stereocenters. The lowest BCUT2D eigenvalue weighted by Gasteiger charge is -2.09. The molecule has 2 aromatic carbocycles. The molecule has 0 radical (unpaired) electrons. The number of anilines is 1. The highest BCUT2D eigenvalue weighted by Crippen LogP contribution is 2.17. The smallest absolute Gasteiger partial charge is 0.261 e. The van der Waals surface area contributed by atoms with Gasteiger partial charge in [-0.15, -0.1) is 0 Å². The Balaban J connectivity index is 1.83. The van der Waals surface area contributed by atoms with Crippen LogP contribution in [0.1, 0.15) is 0 Å². The molecule has 21 heavy (non-hydrogen) atoms. The lowest BCUT2D eigenvalue weighted by molar-refractivity contribution is 0.601. The van der Waals surface area contributed by atoms with Crippen molar-refractivity contribution in [2.45, 2.75) is 4.90 Å². The first-order valence-electron chi connectivity index (χ1n) is 6.31. The molecule has 0 amide bonds. The number of aromatic nitrogens is 2. The minimum atomic E-state index is -3.55. The molecule has 1 aromatic heterocycles. The molecule has 0 saturated carbocycles. The van der Waals surface area contributed by atoms with E-state index in [4.69, 9.17) is 0 Å². The van der Waals surface area contributed by atoms with Crippen LogP contribution < -0.4 is 4.72 Å². The Morgan fingerprint density at radius 1 is 0.952 bits per heavy atom. The normalized spacial score (nSPS) is 11.2. The molecule has 0 aliphatic heterocycles. The molecular formula is C15H13N3O2S. The minimum absolute atomic E-state index is 0.240. The first-order chi connectivity index (χ1) is 10.1. The van der Waals surface area contributed by atoms with Crippen molar-refractivity contribution in [3.63, 3.8) is 0 Å². The molecule has 0 unspecified atom stereocenters. The molecule has 0 saturated heterocycles. The second-order valence-electron chi connectivity index (χ2n) is 4.44. The maximum Gasteiger partial charge on any atom is 0.261 e. The van der Waals surface area contributed by atoms with Gasteiger partial charge in [-0.3, -0.25) is 4.72 Å². The Kier molecular flexibility index (Phi) is 3.45. The topological polar surface area (TPSA) is 64.0 Å². The van der Waals surface area contributed by atoms with Crippen LogP contribution in [0.3, 0.4) is 0 Å². The van der Waals surface area contributed by atoms with E-state index in [0.29, 0.717) is 5.69 Å². The van der Waals surface area contributed by atoms with Crippen LogP contribution in [-0.2, 0) is 10.0 Å². The summed E-state index contributed by atoms with van der Waals surface area (Å²) in [5.41, 5.74) is 1.43. The van der Waals surface area contributed by atoms with Crippen LogP contribution in [0.25, 0.3) is 5.69 Å². The van der Waals surface area contributed by atoms with Gasteiger partial charge in [0.2, 0.25) is 0 Å². The fourth-order valence-electron chi connectivity index (χ4n) is 1.93. The van der Waals surface area contributed by atoms with Crippen molar-refractivity contribution in [2.75, 3.05) is 4.72 Å². The first kappa shape index (κ1) is 13.4. The van der Waals surface area contributed by atoms with E-state index < -0.39 is 10.0 Å². The van der Waals surface area contributed by atoms with Gasteiger partial charge in [-0.1, -0.05) is 18.2 Å². The van der Waals surface area contributed by atoms with Crippen LogP contribution in [0, 0.1) is 0 Å². The Bertz CT molecular complexity index is 811. The highest BCUT2D eigenvalue weighted by molar-refractivity contribution is 7.92. The van der Waals surface area contributed by atoms with Gasteiger partial charge in [-0.25, -0.2) is 13.4 Å². The van der Waals surface area contributed by atoms with Crippen molar-refractivity contribution in [1.82, 2.24) is 9.55 Å². The summed E-state index contributed by atoms with van der Waals surface area (Å²) in [6.45, 7) is 0. The molecule has 0 aliphatic rings. The lowest BCUT2D eigenvalue weighted by Crippen LogP contribution is -2.12. The summed E-state index contributed by atoms with van der Waals surface area (Å²) < 4.78 is 28.8. The maximum absolute atomic E-state index is 12.2. The van der Waals surface area contributed by atoms with E-state index in [1.165, 1.54) is 0 Å². The average Bonchev–Trinajstić information content (AvgIpc) is 3.03. The number of sulfonamides is 1. The zero-order valence-electron chi connectivity index (χ0n) is 11.0. The van der Waals surface area contributed by atoms with Gasteiger partial charge >= 0.3 is 0 Å². The molecule has 106 valence electrons. The van der Waals surface area contributed by atoms with Crippen molar-refractivity contribution in [2.24, 2.45) is 0 Å². The van der Waals surface area contributed by atoms with E-state index in [-0.39, 0.29) is 4.90 Å². The van der Waals surface area contributed by atoms with Gasteiger partial charge in [-0.05, 0) is 36.4 Å². The molecule has 0 aliphatic carbocycles. The zero-order valence-corrected chi connectivity index (χ0v) is 11.9. The number of hydrogen-bond donors (Lipinski definition) is 1. The van der Waals surface area contributed by atoms with E-state index in [9.17, 15) is 8.42 Å². The number of imidazole rings is 1. The van der Waals surface area contributed by atoms with E-state index in [2.05, 4.69) is 9.71 Å². The second kappa shape index (κ2) is 5.41. The second-order valence-corrected chi connectivity index (χ2v) is 6.12. The van der Waals surface area contributed by atoms with Crippen LogP contribution in [0.4, 0.5) is 5.69 Å². The van der Waals surface area contributed by atoms with Crippen LogP contribution in [0.5, 0.6) is 0 Å². The molecule has 0 spiro atoms. The Labute approximate surface area is 122 Å². The van der Waals surface area contributed by atoms with Gasteiger partial charge in [0.1, 0.15) is 0 Å². The van der Waals surface area contributed by atoms with E-state index >= 15 is 0 Å². The van der Waals surface area contributed by atoms with Crippen LogP contribution in [0.2, 0.25) is 0 Å². The third-order valence-corrected chi connectivity index (χ3v) is 4.37. The molecular weight excluding hydrogens is 286 g/mol. The molecule has 1 heterocycles. The maximum atomic E-state index is 12.2. The quantitative estimate of drug-likeness (QED) is 0.805. The van der Waals surface area contributed by atoms with Gasteiger partial charge in [0.15, 0.2) is 0 Å². The molecule has 3 rings (SSSR count). The predicted molar refractivity (Wildman–Crippen MR) is 80.8 cm³/mol. The SMILES string of the molecule is O=S(=O)(Nc1ccc(-n2ccnc2)cc1)c1ccccc1. The summed E-state index contributed by atoms with van der Waals surface area (Å²) in [6, 6.07) is 15.4. The first-order valence-corrected chi connectivity index (χ1v) is 7.80. The number of nitrogens with zero attached hydrogens (tertiary/aromatic N) is 2. The fourth-order valence-corrected chi connectivity index (χ4v) is 3.01. The summed E-state index contributed by atoms with van der Waals surface area (Å²) in [5.74, 6) is 0. The van der Waals surface area contributed by atoms with Crippen LogP contribution in [0.15, 0.2) is 78.2 Å². The Morgan fingerprint density at radius 3 is 2.29 bits per heavy atom. The number of benzene rings is 2. The standard InChI is InChI=1S/C15H13N3O2S/c19-21(20,15-4-2-1-3-5-15)17-13-6-8-14(9-7-13)18-11-10-16-12-18/h1-12,17H. The van der Waals surface area contributed by atoms with Crippen molar-refractivity contribution in [3.05, 3.63) is 73.3 Å². The van der Waals surface area contributed by atoms with E-state index in [1.807, 2.05) is 22.9 Å². The molecule has 3 aromatic rings. The van der Waals surface area contributed by atoms with E-state index in [0.717, 1.165) is 5.69 Å². The lowest BCUT2D eigenvalue weighted by atomic mass is 10.3. The number of nitrogens with one attached hydrogen (secondary N) is 1. The molecule has 0 fully saturated rings. The highest BCUT2D eigenvalue weighted by Gasteiger charge is 2.13. The summed E-state index contributed by atoms with van der Waals surface area (Å²) in [5, 5.41) is 0. The minimum Gasteiger partial charge on any atom is -0.306 e. The van der Waals surface area contributed by atoms with E-state index in [1.54, 1.807) is 55.0 Å². The molecule has 6 heteroatoms. The summed E-state index contributed by atoms with van der Waals surface area (Å²) >= 11 is 0. The zero-order chi connectivity index (χ0) is 14.7. The third-order valence-electron chi connectivity index (χ3n) is 2.98. The van der Waals surface area contributed by atoms with Crippen molar-refractivity contribution in [1.29, 1.82) is 0 Å². The molecule has 1 N–H and O–H groups in total. The third kappa shape index (κ3) is 2.95. The molecule has 0 bridgehead atoms. The van der Waals surface area contributed by atoms with Crippen molar-refractivity contribution < 1.29 is 8.42 Å². The summed E-state index contributed by atoms with van der Waals surface area (Å²) in [6.07, 6.45) is 5.19. The van der Waals surface area contributed by atoms with Crippen molar-refractivity contribution in [3.8, 4) is 5.69 Å². The summed E-state index contributed by atoms with van der Waals surface area (Å²) in [4.78, 5) is 4.21. The van der Waals surface area contributed by atoms with Gasteiger partial charge in [0, 0.05) is 23.8 Å². The summed E-state index contributed by atoms with van der Waals surface area (Å²) in [7, 11) is -3.55. The monoisotopic (exact) mass is 299 g/mol.